The molecule has 1 aliphatic carbocycles. The van der Waals surface area contributed by atoms with E-state index in [2.05, 4.69) is 134 Å². The molecule has 0 N–H and O–H groups in total. The summed E-state index contributed by atoms with van der Waals surface area (Å²) in [5, 5.41) is 0. The number of piperazine rings is 1. The van der Waals surface area contributed by atoms with Crippen molar-refractivity contribution in [2.24, 2.45) is 18.4 Å². The third-order valence-electron chi connectivity index (χ3n) is 8.99. The highest BCUT2D eigenvalue weighted by Crippen LogP contribution is 2.50. The van der Waals surface area contributed by atoms with Crippen molar-refractivity contribution in [1.29, 1.82) is 0 Å². The normalized spacial score (nSPS) is 14.4. The highest BCUT2D eigenvalue weighted by atomic mass is 15.2. The molecule has 1 aliphatic heterocycles. The van der Waals surface area contributed by atoms with Crippen molar-refractivity contribution >= 4 is 0 Å². The van der Waals surface area contributed by atoms with Crippen molar-refractivity contribution in [3.8, 4) is 0 Å². The van der Waals surface area contributed by atoms with Crippen LogP contribution in [0.1, 0.15) is 100 Å². The molecule has 5 aromatic rings. The summed E-state index contributed by atoms with van der Waals surface area (Å²) in [6.45, 7) is 30.1. The van der Waals surface area contributed by atoms with Crippen molar-refractivity contribution in [2.45, 2.75) is 112 Å². The lowest BCUT2D eigenvalue weighted by Gasteiger charge is -2.28. The lowest BCUT2D eigenvalue weighted by Crippen LogP contribution is -2.42. The minimum absolute atomic E-state index is 0. The Morgan fingerprint density at radius 1 is 0.500 bits per heavy atom. The Bertz CT molecular complexity index is 1440. The summed E-state index contributed by atoms with van der Waals surface area (Å²) >= 11 is 0. The van der Waals surface area contributed by atoms with E-state index in [4.69, 9.17) is 0 Å². The van der Waals surface area contributed by atoms with Crippen molar-refractivity contribution < 1.29 is 0 Å². The van der Waals surface area contributed by atoms with Gasteiger partial charge in [-0.05, 0) is 135 Å². The Balaban J connectivity index is -0.000000581. The highest BCUT2D eigenvalue weighted by Gasteiger charge is 2.41. The predicted molar refractivity (Wildman–Crippen MR) is 248 cm³/mol. The zero-order valence-electron chi connectivity index (χ0n) is 35.9. The lowest BCUT2D eigenvalue weighted by molar-refractivity contribution is 0.181. The van der Waals surface area contributed by atoms with E-state index in [9.17, 15) is 0 Å². The first-order valence-corrected chi connectivity index (χ1v) is 18.9. The minimum atomic E-state index is 0. The van der Waals surface area contributed by atoms with Crippen LogP contribution in [0.4, 0.5) is 0 Å². The molecular formula is C49H83N7. The third-order valence-corrected chi connectivity index (χ3v) is 8.99. The fraction of sp³-hybridized carbons (Fsp3) is 0.510. The first-order valence-electron chi connectivity index (χ1n) is 18.9. The second-order valence-corrected chi connectivity index (χ2v) is 15.5. The lowest BCUT2D eigenvalue weighted by atomic mass is 10.1. The molecule has 4 aromatic heterocycles. The zero-order valence-corrected chi connectivity index (χ0v) is 35.9. The van der Waals surface area contributed by atoms with E-state index < -0.39 is 0 Å². The molecule has 56 heavy (non-hydrogen) atoms. The summed E-state index contributed by atoms with van der Waals surface area (Å²) in [5.41, 5.74) is 11.3. The van der Waals surface area contributed by atoms with Gasteiger partial charge in [-0.2, -0.15) is 0 Å². The molecule has 2 aliphatic rings. The average molecular weight is 770 g/mol. The molecule has 1 atom stereocenters. The first kappa shape index (κ1) is 56.1. The molecule has 0 bridgehead atoms. The van der Waals surface area contributed by atoms with E-state index in [1.807, 2.05) is 89.9 Å². The number of likely N-dealkylation sites (N-methyl/N-ethyl adjacent to an activating group) is 2. The molecule has 1 saturated carbocycles. The van der Waals surface area contributed by atoms with Crippen molar-refractivity contribution in [3.05, 3.63) is 142 Å². The van der Waals surface area contributed by atoms with E-state index >= 15 is 0 Å². The highest BCUT2D eigenvalue weighted by molar-refractivity contribution is 5.19. The van der Waals surface area contributed by atoms with Gasteiger partial charge in [-0.3, -0.25) is 9.97 Å². The molecular weight excluding hydrogens is 687 g/mol. The molecule has 314 valence electrons. The maximum Gasteiger partial charge on any atom is 0.115 e. The van der Waals surface area contributed by atoms with Gasteiger partial charge in [0.1, 0.15) is 6.33 Å². The van der Waals surface area contributed by atoms with Gasteiger partial charge in [-0.25, -0.2) is 9.97 Å². The van der Waals surface area contributed by atoms with Gasteiger partial charge >= 0.3 is 0 Å². The van der Waals surface area contributed by atoms with E-state index in [0.717, 1.165) is 28.7 Å². The molecule has 7 nitrogen and oxygen atoms in total. The molecule has 7 rings (SSSR count). The van der Waals surface area contributed by atoms with E-state index in [0.29, 0.717) is 5.41 Å². The number of aryl methyl sites for hydroxylation is 10. The topological polar surface area (TPSA) is 63.0 Å². The van der Waals surface area contributed by atoms with Crippen LogP contribution in [-0.2, 0) is 7.05 Å². The van der Waals surface area contributed by atoms with E-state index in [1.54, 1.807) is 6.33 Å². The standard InChI is InChI=1S/C8H10.2C7H9N.C6H14N2.C6H8N2.C6H9N.C6H12.3CH4/c1-7-3-5-8(2)6-4-7;2*1-6-3-4-7(2)8-5-6;1-7-3-5-8(2)6-4-7;1-5-3-6(2)8-4-7-5;1-6-3-4-7(2)5-6;1-5-4-6(5,2)3;;;/h3-6H,1-2H3;2*3-5H,1-2H3;3-6H2,1-2H3;3-4H,1-2H3;3-5H,1-2H3;5H,4H2,1-3H3;3*1H4/t;;;;;;5-;;;/m......0.../s1. The Hall–Kier alpha value is -4.20. The number of rotatable bonds is 0. The second-order valence-electron chi connectivity index (χ2n) is 15.5. The number of hydrogen-bond acceptors (Lipinski definition) is 6. The number of aromatic nitrogens is 5. The number of benzene rings is 1. The molecule has 1 aromatic carbocycles. The van der Waals surface area contributed by atoms with Crippen molar-refractivity contribution in [3.63, 3.8) is 0 Å². The summed E-state index contributed by atoms with van der Waals surface area (Å²) in [6.07, 6.45) is 10.9. The van der Waals surface area contributed by atoms with Gasteiger partial charge in [0.05, 0.1) is 0 Å². The van der Waals surface area contributed by atoms with Crippen LogP contribution in [0.15, 0.2) is 91.8 Å². The van der Waals surface area contributed by atoms with Crippen LogP contribution in [0.5, 0.6) is 0 Å². The van der Waals surface area contributed by atoms with Crippen LogP contribution < -0.4 is 0 Å². The molecule has 2 fully saturated rings. The third kappa shape index (κ3) is 29.1. The van der Waals surface area contributed by atoms with Crippen LogP contribution in [0.2, 0.25) is 0 Å². The summed E-state index contributed by atoms with van der Waals surface area (Å²) in [5.74, 6) is 0.998. The number of nitrogens with zero attached hydrogens (tertiary/aromatic N) is 7. The summed E-state index contributed by atoms with van der Waals surface area (Å²) in [6, 6.07) is 20.6. The fourth-order valence-electron chi connectivity index (χ4n) is 4.59. The quantitative estimate of drug-likeness (QED) is 0.156. The summed E-state index contributed by atoms with van der Waals surface area (Å²) in [7, 11) is 6.37. The molecule has 0 radical (unpaired) electrons. The predicted octanol–water partition coefficient (Wildman–Crippen LogP) is 12.0. The SMILES string of the molecule is C.C.C.CN1CCN(C)CC1.C[C@H]1CC1(C)C.Cc1cc(C)ncn1.Cc1ccc(C)cc1.Cc1ccc(C)nc1.Cc1ccc(C)nc1.Cc1ccn(C)c1. The van der Waals surface area contributed by atoms with E-state index in [1.165, 1.54) is 60.4 Å². The Morgan fingerprint density at radius 3 is 1.02 bits per heavy atom. The molecule has 1 saturated heterocycles. The van der Waals surface area contributed by atoms with E-state index in [-0.39, 0.29) is 22.3 Å². The Labute approximate surface area is 346 Å². The van der Waals surface area contributed by atoms with Crippen LogP contribution in [0, 0.1) is 73.6 Å². The van der Waals surface area contributed by atoms with Crippen LogP contribution in [0.25, 0.3) is 0 Å². The van der Waals surface area contributed by atoms with Gasteiger partial charge in [-0.1, -0.05) is 90.6 Å². The van der Waals surface area contributed by atoms with Gasteiger partial charge in [0, 0.05) is 80.8 Å². The zero-order chi connectivity index (χ0) is 40.0. The first-order chi connectivity index (χ1) is 24.9. The second kappa shape index (κ2) is 30.0. The number of hydrogen-bond donors (Lipinski definition) is 0. The van der Waals surface area contributed by atoms with Crippen LogP contribution in [0.3, 0.4) is 0 Å². The molecule has 5 heterocycles. The average Bonchev–Trinajstić information content (AvgIpc) is 3.46. The van der Waals surface area contributed by atoms with Gasteiger partial charge in [-0.15, -0.1) is 0 Å². The van der Waals surface area contributed by atoms with Gasteiger partial charge in [0.25, 0.3) is 0 Å². The molecule has 7 heteroatoms. The van der Waals surface area contributed by atoms with Crippen molar-refractivity contribution in [1.82, 2.24) is 34.3 Å². The van der Waals surface area contributed by atoms with Gasteiger partial charge < -0.3 is 14.4 Å². The maximum absolute atomic E-state index is 4.08. The van der Waals surface area contributed by atoms with Crippen molar-refractivity contribution in [2.75, 3.05) is 40.3 Å². The smallest absolute Gasteiger partial charge is 0.115 e. The van der Waals surface area contributed by atoms with Crippen LogP contribution >= 0.6 is 0 Å². The molecule has 0 spiro atoms. The largest absolute Gasteiger partial charge is 0.357 e. The van der Waals surface area contributed by atoms with Gasteiger partial charge in [0.15, 0.2) is 0 Å². The fourth-order valence-corrected chi connectivity index (χ4v) is 4.59. The summed E-state index contributed by atoms with van der Waals surface area (Å²) < 4.78 is 2.04. The Kier molecular flexibility index (Phi) is 30.1. The molecule has 0 unspecified atom stereocenters. The molecule has 0 amide bonds. The Morgan fingerprint density at radius 2 is 0.839 bits per heavy atom. The van der Waals surface area contributed by atoms with Crippen LogP contribution in [-0.4, -0.2) is 74.6 Å². The maximum atomic E-state index is 4.08. The monoisotopic (exact) mass is 770 g/mol. The minimum Gasteiger partial charge on any atom is -0.357 e. The van der Waals surface area contributed by atoms with Gasteiger partial charge in [0.2, 0.25) is 0 Å². The summed E-state index contributed by atoms with van der Waals surface area (Å²) in [4.78, 5) is 20.7. The number of pyridine rings is 2.